The average molecular weight is 426 g/mol. The van der Waals surface area contributed by atoms with Crippen LogP contribution in [0.5, 0.6) is 5.75 Å². The van der Waals surface area contributed by atoms with Crippen LogP contribution < -0.4 is 15.4 Å². The second-order valence-corrected chi connectivity index (χ2v) is 7.53. The number of methoxy groups -OCH3 is 1. The minimum atomic E-state index is 0.109. The maximum absolute atomic E-state index is 12.0. The molecule has 1 heterocycles. The van der Waals surface area contributed by atoms with Gasteiger partial charge in [-0.15, -0.1) is 0 Å². The third-order valence-corrected chi connectivity index (χ3v) is 5.31. The number of hydrogen-bond acceptors (Lipinski definition) is 4. The van der Waals surface area contributed by atoms with E-state index in [1.807, 2.05) is 42.5 Å². The molecule has 1 fully saturated rings. The quantitative estimate of drug-likeness (QED) is 0.585. The van der Waals surface area contributed by atoms with Crippen molar-refractivity contribution in [3.63, 3.8) is 0 Å². The summed E-state index contributed by atoms with van der Waals surface area (Å²) in [6.45, 7) is 0.661. The molecule has 0 aliphatic heterocycles. The molecular formula is C21H20BrN3O2. The molecule has 1 saturated carbocycles. The van der Waals surface area contributed by atoms with Gasteiger partial charge in [-0.2, -0.15) is 0 Å². The predicted molar refractivity (Wildman–Crippen MR) is 111 cm³/mol. The number of halogens is 1. The van der Waals surface area contributed by atoms with E-state index in [0.29, 0.717) is 6.54 Å². The van der Waals surface area contributed by atoms with Crippen LogP contribution in [0.3, 0.4) is 0 Å². The van der Waals surface area contributed by atoms with Crippen molar-refractivity contribution >= 4 is 44.1 Å². The number of carbonyl (C=O) groups excluding carboxylic acids is 1. The fourth-order valence-electron chi connectivity index (χ4n) is 2.95. The van der Waals surface area contributed by atoms with Crippen molar-refractivity contribution < 1.29 is 9.53 Å². The zero-order chi connectivity index (χ0) is 18.8. The van der Waals surface area contributed by atoms with Crippen LogP contribution >= 0.6 is 15.9 Å². The number of benzene rings is 2. The second kappa shape index (κ2) is 7.56. The Hall–Kier alpha value is -2.60. The highest BCUT2D eigenvalue weighted by Gasteiger charge is 2.29. The molecule has 6 heteroatoms. The lowest BCUT2D eigenvalue weighted by Gasteiger charge is -2.12. The van der Waals surface area contributed by atoms with Gasteiger partial charge in [-0.05, 0) is 64.7 Å². The van der Waals surface area contributed by atoms with E-state index in [2.05, 4.69) is 31.5 Å². The van der Waals surface area contributed by atoms with Crippen molar-refractivity contribution in [3.8, 4) is 5.75 Å². The molecule has 0 spiro atoms. The standard InChI is InChI=1S/C21H20BrN3O2/c1-27-16-7-2-13(3-8-16)11-23-20-17-9-6-15(25-21(26)14-4-5-14)10-18(17)19(22)12-24-20/h2-3,6-10,12,14H,4-5,11H2,1H3,(H,23,24)(H,25,26). The van der Waals surface area contributed by atoms with Gasteiger partial charge in [-0.3, -0.25) is 4.79 Å². The molecule has 3 aromatic rings. The Labute approximate surface area is 166 Å². The van der Waals surface area contributed by atoms with E-state index in [9.17, 15) is 4.79 Å². The molecule has 1 amide bonds. The number of hydrogen-bond donors (Lipinski definition) is 2. The largest absolute Gasteiger partial charge is 0.497 e. The van der Waals surface area contributed by atoms with Gasteiger partial charge >= 0.3 is 0 Å². The van der Waals surface area contributed by atoms with E-state index in [1.165, 1.54) is 0 Å². The normalized spacial score (nSPS) is 13.4. The number of carbonyl (C=O) groups is 1. The van der Waals surface area contributed by atoms with Gasteiger partial charge in [0.15, 0.2) is 0 Å². The number of rotatable bonds is 6. The smallest absolute Gasteiger partial charge is 0.227 e. The SMILES string of the molecule is COc1ccc(CNc2ncc(Br)c3cc(NC(=O)C4CC4)ccc23)cc1. The Morgan fingerprint density at radius 1 is 1.19 bits per heavy atom. The van der Waals surface area contributed by atoms with Gasteiger partial charge in [-0.25, -0.2) is 4.98 Å². The highest BCUT2D eigenvalue weighted by Crippen LogP contribution is 2.33. The van der Waals surface area contributed by atoms with E-state index in [0.717, 1.165) is 50.9 Å². The monoisotopic (exact) mass is 425 g/mol. The van der Waals surface area contributed by atoms with Gasteiger partial charge in [0.2, 0.25) is 5.91 Å². The molecule has 4 rings (SSSR count). The highest BCUT2D eigenvalue weighted by molar-refractivity contribution is 9.10. The molecular weight excluding hydrogens is 406 g/mol. The number of aromatic nitrogens is 1. The van der Waals surface area contributed by atoms with Crippen LogP contribution in [-0.2, 0) is 11.3 Å². The third kappa shape index (κ3) is 4.06. The molecule has 0 unspecified atom stereocenters. The fourth-order valence-corrected chi connectivity index (χ4v) is 3.38. The highest BCUT2D eigenvalue weighted by atomic mass is 79.9. The fraction of sp³-hybridized carbons (Fsp3) is 0.238. The van der Waals surface area contributed by atoms with Gasteiger partial charge in [-0.1, -0.05) is 12.1 Å². The summed E-state index contributed by atoms with van der Waals surface area (Å²) in [5, 5.41) is 8.41. The van der Waals surface area contributed by atoms with Crippen LogP contribution in [0.4, 0.5) is 11.5 Å². The van der Waals surface area contributed by atoms with E-state index < -0.39 is 0 Å². The van der Waals surface area contributed by atoms with E-state index in [1.54, 1.807) is 13.3 Å². The van der Waals surface area contributed by atoms with Crippen LogP contribution in [-0.4, -0.2) is 18.0 Å². The Morgan fingerprint density at radius 3 is 2.67 bits per heavy atom. The molecule has 0 atom stereocenters. The molecule has 2 N–H and O–H groups in total. The summed E-state index contributed by atoms with van der Waals surface area (Å²) in [4.78, 5) is 16.5. The van der Waals surface area contributed by atoms with Crippen molar-refractivity contribution in [3.05, 3.63) is 58.7 Å². The number of pyridine rings is 1. The molecule has 0 radical (unpaired) electrons. The molecule has 27 heavy (non-hydrogen) atoms. The molecule has 2 aromatic carbocycles. The topological polar surface area (TPSA) is 63.2 Å². The second-order valence-electron chi connectivity index (χ2n) is 6.68. The van der Waals surface area contributed by atoms with E-state index >= 15 is 0 Å². The van der Waals surface area contributed by atoms with Crippen LogP contribution in [0.1, 0.15) is 18.4 Å². The Balaban J connectivity index is 1.55. The summed E-state index contributed by atoms with van der Waals surface area (Å²) in [6, 6.07) is 13.8. The van der Waals surface area contributed by atoms with Crippen molar-refractivity contribution in [2.45, 2.75) is 19.4 Å². The predicted octanol–water partition coefficient (Wildman–Crippen LogP) is 4.97. The molecule has 0 bridgehead atoms. The van der Waals surface area contributed by atoms with Gasteiger partial charge in [0.25, 0.3) is 0 Å². The minimum Gasteiger partial charge on any atom is -0.497 e. The van der Waals surface area contributed by atoms with E-state index in [-0.39, 0.29) is 11.8 Å². The summed E-state index contributed by atoms with van der Waals surface area (Å²) in [5.41, 5.74) is 1.95. The summed E-state index contributed by atoms with van der Waals surface area (Å²) < 4.78 is 6.09. The van der Waals surface area contributed by atoms with Gasteiger partial charge in [0, 0.05) is 39.6 Å². The third-order valence-electron chi connectivity index (χ3n) is 4.67. The lowest BCUT2D eigenvalue weighted by Crippen LogP contribution is -2.13. The number of anilines is 2. The van der Waals surface area contributed by atoms with Gasteiger partial charge < -0.3 is 15.4 Å². The van der Waals surface area contributed by atoms with Crippen molar-refractivity contribution in [2.75, 3.05) is 17.7 Å². The number of fused-ring (bicyclic) bond motifs is 1. The zero-order valence-corrected chi connectivity index (χ0v) is 16.5. The Kier molecular flexibility index (Phi) is 4.99. The first-order valence-electron chi connectivity index (χ1n) is 8.90. The summed E-state index contributed by atoms with van der Waals surface area (Å²) in [7, 11) is 1.66. The number of amides is 1. The number of nitrogens with one attached hydrogen (secondary N) is 2. The maximum Gasteiger partial charge on any atom is 0.227 e. The minimum absolute atomic E-state index is 0.109. The molecule has 5 nitrogen and oxygen atoms in total. The summed E-state index contributed by atoms with van der Waals surface area (Å²) in [5.74, 6) is 1.94. The van der Waals surface area contributed by atoms with Gasteiger partial charge in [0.05, 0.1) is 7.11 Å². The lowest BCUT2D eigenvalue weighted by atomic mass is 10.1. The molecule has 0 saturated heterocycles. The van der Waals surface area contributed by atoms with Gasteiger partial charge in [0.1, 0.15) is 11.6 Å². The molecule has 1 aliphatic carbocycles. The van der Waals surface area contributed by atoms with Crippen molar-refractivity contribution in [1.29, 1.82) is 0 Å². The maximum atomic E-state index is 12.0. The Bertz CT molecular complexity index is 985. The molecule has 1 aromatic heterocycles. The summed E-state index contributed by atoms with van der Waals surface area (Å²) in [6.07, 6.45) is 3.77. The first kappa shape index (κ1) is 17.8. The van der Waals surface area contributed by atoms with Crippen molar-refractivity contribution in [2.24, 2.45) is 5.92 Å². The van der Waals surface area contributed by atoms with Crippen LogP contribution in [0.15, 0.2) is 53.1 Å². The summed E-state index contributed by atoms with van der Waals surface area (Å²) >= 11 is 3.57. The van der Waals surface area contributed by atoms with Crippen LogP contribution in [0.2, 0.25) is 0 Å². The number of ether oxygens (including phenoxy) is 1. The van der Waals surface area contributed by atoms with Crippen LogP contribution in [0.25, 0.3) is 10.8 Å². The first-order valence-corrected chi connectivity index (χ1v) is 9.69. The van der Waals surface area contributed by atoms with Crippen molar-refractivity contribution in [1.82, 2.24) is 4.98 Å². The van der Waals surface area contributed by atoms with E-state index in [4.69, 9.17) is 4.74 Å². The molecule has 138 valence electrons. The average Bonchev–Trinajstić information content (AvgIpc) is 3.54. The lowest BCUT2D eigenvalue weighted by molar-refractivity contribution is -0.117. The Morgan fingerprint density at radius 2 is 1.96 bits per heavy atom. The first-order chi connectivity index (χ1) is 13.1. The zero-order valence-electron chi connectivity index (χ0n) is 15.0. The number of nitrogens with zero attached hydrogens (tertiary/aromatic N) is 1. The van der Waals surface area contributed by atoms with Crippen LogP contribution in [0, 0.1) is 5.92 Å². The molecule has 1 aliphatic rings.